The van der Waals surface area contributed by atoms with Crippen molar-refractivity contribution in [1.29, 1.82) is 0 Å². The van der Waals surface area contributed by atoms with Crippen LogP contribution in [0.15, 0.2) is 0 Å². The molecule has 20 heavy (non-hydrogen) atoms. The van der Waals surface area contributed by atoms with Gasteiger partial charge >= 0.3 is 8.56 Å². The van der Waals surface area contributed by atoms with Gasteiger partial charge in [-0.25, -0.2) is 0 Å². The molecule has 1 aliphatic rings. The van der Waals surface area contributed by atoms with Crippen LogP contribution in [-0.2, 0) is 8.23 Å². The minimum atomic E-state index is -1.96. The first-order valence-corrected chi connectivity index (χ1v) is 17.6. The molecular weight excluding hydrogens is 296 g/mol. The zero-order valence-corrected chi connectivity index (χ0v) is 17.8. The maximum absolute atomic E-state index is 6.73. The van der Waals surface area contributed by atoms with Crippen LogP contribution in [0.3, 0.4) is 0 Å². The summed E-state index contributed by atoms with van der Waals surface area (Å²) in [4.78, 5) is 0. The highest BCUT2D eigenvalue weighted by Gasteiger charge is 2.41. The average Bonchev–Trinajstić information content (AvgIpc) is 2.08. The van der Waals surface area contributed by atoms with Crippen LogP contribution in [0.2, 0.25) is 51.4 Å². The monoisotopic (exact) mass is 332 g/mol. The molecule has 5 heteroatoms. The van der Waals surface area contributed by atoms with Gasteiger partial charge in [0.15, 0.2) is 16.6 Å². The molecule has 2 nitrogen and oxygen atoms in total. The van der Waals surface area contributed by atoms with Gasteiger partial charge in [0.1, 0.15) is 0 Å². The molecule has 0 radical (unpaired) electrons. The van der Waals surface area contributed by atoms with Crippen molar-refractivity contribution in [2.24, 2.45) is 0 Å². The fourth-order valence-corrected chi connectivity index (χ4v) is 17.6. The summed E-state index contributed by atoms with van der Waals surface area (Å²) in [7, 11) is -5.10. The first-order valence-electron chi connectivity index (χ1n) is 8.42. The molecule has 0 aromatic rings. The van der Waals surface area contributed by atoms with Gasteiger partial charge < -0.3 is 8.23 Å². The Bertz CT molecular complexity index is 290. The van der Waals surface area contributed by atoms with Gasteiger partial charge in [0.2, 0.25) is 0 Å². The quantitative estimate of drug-likeness (QED) is 0.586. The van der Waals surface area contributed by atoms with Gasteiger partial charge in [0, 0.05) is 0 Å². The second kappa shape index (κ2) is 7.22. The van der Waals surface area contributed by atoms with E-state index in [1.54, 1.807) is 0 Å². The molecule has 120 valence electrons. The van der Waals surface area contributed by atoms with Crippen LogP contribution in [-0.4, -0.2) is 25.2 Å². The van der Waals surface area contributed by atoms with E-state index in [1.807, 2.05) is 0 Å². The second-order valence-corrected chi connectivity index (χ2v) is 21.0. The van der Waals surface area contributed by atoms with Crippen molar-refractivity contribution < 1.29 is 8.23 Å². The molecule has 0 aliphatic heterocycles. The highest BCUT2D eigenvalue weighted by atomic mass is 28.5. The molecule has 0 atom stereocenters. The van der Waals surface area contributed by atoms with Crippen LogP contribution < -0.4 is 0 Å². The lowest BCUT2D eigenvalue weighted by molar-refractivity contribution is 0.372. The molecule has 0 aromatic heterocycles. The standard InChI is InChI=1S/C15H36O2Si3/c1-18(2,3)16-20(6,7)17-19(4,5)15-13-11-9-8-10-12-14-15/h15H,8-14H2,1-7H3. The Balaban J connectivity index is 2.66. The van der Waals surface area contributed by atoms with Crippen molar-refractivity contribution in [3.8, 4) is 0 Å². The fourth-order valence-electron chi connectivity index (χ4n) is 3.63. The van der Waals surface area contributed by atoms with Gasteiger partial charge in [-0.2, -0.15) is 0 Å². The van der Waals surface area contributed by atoms with E-state index in [1.165, 1.54) is 44.9 Å². The van der Waals surface area contributed by atoms with Gasteiger partial charge in [-0.15, -0.1) is 0 Å². The third-order valence-electron chi connectivity index (χ3n) is 4.15. The van der Waals surface area contributed by atoms with Crippen molar-refractivity contribution in [3.05, 3.63) is 0 Å². The summed E-state index contributed by atoms with van der Waals surface area (Å²) in [6, 6.07) is 0. The molecule has 0 unspecified atom stereocenters. The zero-order chi connectivity index (χ0) is 15.4. The number of rotatable bonds is 5. The van der Waals surface area contributed by atoms with Crippen LogP contribution >= 0.6 is 0 Å². The largest absolute Gasteiger partial charge is 0.437 e. The molecule has 1 saturated carbocycles. The van der Waals surface area contributed by atoms with E-state index in [0.29, 0.717) is 0 Å². The molecule has 0 heterocycles. The summed E-state index contributed by atoms with van der Waals surface area (Å²) >= 11 is 0. The molecule has 0 N–H and O–H groups in total. The molecule has 1 rings (SSSR count). The number of hydrogen-bond acceptors (Lipinski definition) is 2. The van der Waals surface area contributed by atoms with E-state index >= 15 is 0 Å². The van der Waals surface area contributed by atoms with E-state index < -0.39 is 25.2 Å². The highest BCUT2D eigenvalue weighted by molar-refractivity contribution is 6.87. The summed E-state index contributed by atoms with van der Waals surface area (Å²) in [5, 5.41) is 0. The van der Waals surface area contributed by atoms with Crippen LogP contribution in [0.5, 0.6) is 0 Å². The fraction of sp³-hybridized carbons (Fsp3) is 1.00. The minimum Gasteiger partial charge on any atom is -0.437 e. The summed E-state index contributed by atoms with van der Waals surface area (Å²) in [5.41, 5.74) is 0.833. The first-order chi connectivity index (χ1) is 9.02. The molecule has 0 aromatic carbocycles. The molecule has 0 spiro atoms. The maximum Gasteiger partial charge on any atom is 0.311 e. The second-order valence-electron chi connectivity index (χ2n) is 8.36. The van der Waals surface area contributed by atoms with E-state index in [2.05, 4.69) is 45.8 Å². The molecular formula is C15H36O2Si3. The summed E-state index contributed by atoms with van der Waals surface area (Å²) in [6.07, 6.45) is 9.87. The first kappa shape index (κ1) is 18.6. The Labute approximate surface area is 130 Å². The zero-order valence-electron chi connectivity index (χ0n) is 14.8. The number of hydrogen-bond donors (Lipinski definition) is 0. The van der Waals surface area contributed by atoms with Gasteiger partial charge in [-0.05, 0) is 51.4 Å². The molecule has 0 amide bonds. The van der Waals surface area contributed by atoms with Crippen LogP contribution in [0.1, 0.15) is 44.9 Å². The van der Waals surface area contributed by atoms with Gasteiger partial charge in [0.05, 0.1) is 0 Å². The smallest absolute Gasteiger partial charge is 0.311 e. The van der Waals surface area contributed by atoms with Gasteiger partial charge in [-0.3, -0.25) is 0 Å². The SMILES string of the molecule is C[Si](C)(C)O[Si](C)(C)O[Si](C)(C)C1CCCCCCC1. The van der Waals surface area contributed by atoms with E-state index in [4.69, 9.17) is 8.23 Å². The van der Waals surface area contributed by atoms with E-state index in [0.717, 1.165) is 5.54 Å². The van der Waals surface area contributed by atoms with Crippen LogP contribution in [0, 0.1) is 0 Å². The van der Waals surface area contributed by atoms with Gasteiger partial charge in [0.25, 0.3) is 0 Å². The third-order valence-corrected chi connectivity index (χ3v) is 15.2. The van der Waals surface area contributed by atoms with Crippen molar-refractivity contribution in [2.45, 2.75) is 96.3 Å². The summed E-state index contributed by atoms with van der Waals surface area (Å²) in [5.74, 6) is 0. The lowest BCUT2D eigenvalue weighted by atomic mass is 10.0. The van der Waals surface area contributed by atoms with Crippen molar-refractivity contribution in [2.75, 3.05) is 0 Å². The van der Waals surface area contributed by atoms with E-state index in [9.17, 15) is 0 Å². The van der Waals surface area contributed by atoms with Crippen molar-refractivity contribution in [1.82, 2.24) is 0 Å². The lowest BCUT2D eigenvalue weighted by Crippen LogP contribution is -2.53. The maximum atomic E-state index is 6.73. The normalized spacial score (nSPS) is 20.6. The van der Waals surface area contributed by atoms with Crippen LogP contribution in [0.4, 0.5) is 0 Å². The van der Waals surface area contributed by atoms with Gasteiger partial charge in [-0.1, -0.05) is 44.9 Å². The molecule has 0 saturated heterocycles. The van der Waals surface area contributed by atoms with E-state index in [-0.39, 0.29) is 0 Å². The Kier molecular flexibility index (Phi) is 6.72. The Hall–Kier alpha value is 0.571. The molecule has 1 fully saturated rings. The highest BCUT2D eigenvalue weighted by Crippen LogP contribution is 2.37. The minimum absolute atomic E-state index is 0.833. The summed E-state index contributed by atoms with van der Waals surface area (Å²) in [6.45, 7) is 16.2. The Morgan fingerprint density at radius 3 is 1.55 bits per heavy atom. The average molecular weight is 333 g/mol. The molecule has 1 aliphatic carbocycles. The molecule has 0 bridgehead atoms. The topological polar surface area (TPSA) is 18.5 Å². The van der Waals surface area contributed by atoms with Crippen LogP contribution in [0.25, 0.3) is 0 Å². The van der Waals surface area contributed by atoms with Crippen molar-refractivity contribution in [3.63, 3.8) is 0 Å². The van der Waals surface area contributed by atoms with Crippen molar-refractivity contribution >= 4 is 25.2 Å². The summed E-state index contributed by atoms with van der Waals surface area (Å²) < 4.78 is 13.1. The third kappa shape index (κ3) is 7.02. The Morgan fingerprint density at radius 1 is 0.650 bits per heavy atom. The predicted octanol–water partition coefficient (Wildman–Crippen LogP) is 5.88. The Morgan fingerprint density at radius 2 is 1.10 bits per heavy atom. The lowest BCUT2D eigenvalue weighted by Gasteiger charge is -2.41. The predicted molar refractivity (Wildman–Crippen MR) is 96.5 cm³/mol.